The van der Waals surface area contributed by atoms with Gasteiger partial charge in [0.2, 0.25) is 0 Å². The van der Waals surface area contributed by atoms with E-state index in [1.54, 1.807) is 6.20 Å². The fraction of sp³-hybridized carbons (Fsp3) is 0.250. The highest BCUT2D eigenvalue weighted by molar-refractivity contribution is 9.10. The number of hydrogen-bond donors (Lipinski definition) is 1. The molecule has 0 unspecified atom stereocenters. The van der Waals surface area contributed by atoms with E-state index < -0.39 is 0 Å². The van der Waals surface area contributed by atoms with Crippen molar-refractivity contribution in [3.05, 3.63) is 70.5 Å². The predicted octanol–water partition coefficient (Wildman–Crippen LogP) is 4.02. The first-order valence-electron chi connectivity index (χ1n) is 8.74. The fourth-order valence-electron chi connectivity index (χ4n) is 2.97. The maximum atomic E-state index is 12.3. The van der Waals surface area contributed by atoms with Crippen LogP contribution in [-0.4, -0.2) is 27.2 Å². The number of aromatic nitrogens is 3. The smallest absolute Gasteiger partial charge is 0.252 e. The van der Waals surface area contributed by atoms with Crippen LogP contribution in [0.4, 0.5) is 0 Å². The molecule has 4 rings (SSSR count). The highest BCUT2D eigenvalue weighted by Gasteiger charge is 2.28. The van der Waals surface area contributed by atoms with Crippen molar-refractivity contribution in [2.45, 2.75) is 25.3 Å². The number of rotatable bonds is 6. The van der Waals surface area contributed by atoms with Crippen LogP contribution < -0.4 is 5.32 Å². The molecular weight excluding hydrogens is 392 g/mol. The fourth-order valence-corrected chi connectivity index (χ4v) is 3.44. The van der Waals surface area contributed by atoms with Crippen LogP contribution in [0.3, 0.4) is 0 Å². The van der Waals surface area contributed by atoms with Crippen molar-refractivity contribution in [2.75, 3.05) is 6.54 Å². The van der Waals surface area contributed by atoms with E-state index in [2.05, 4.69) is 32.3 Å². The van der Waals surface area contributed by atoms with Crippen molar-refractivity contribution in [1.82, 2.24) is 20.1 Å². The molecule has 2 aromatic heterocycles. The monoisotopic (exact) mass is 410 g/mol. The minimum absolute atomic E-state index is 0.0810. The number of carbonyl (C=O) groups excluding carboxylic acids is 1. The van der Waals surface area contributed by atoms with Crippen molar-refractivity contribution in [3.8, 4) is 11.4 Å². The zero-order valence-corrected chi connectivity index (χ0v) is 15.8. The summed E-state index contributed by atoms with van der Waals surface area (Å²) >= 11 is 3.42. The summed E-state index contributed by atoms with van der Waals surface area (Å²) in [7, 11) is 0. The highest BCUT2D eigenvalue weighted by Crippen LogP contribution is 2.41. The molecule has 132 valence electrons. The van der Waals surface area contributed by atoms with Crippen LogP contribution in [0.15, 0.2) is 59.2 Å². The Balaban J connectivity index is 1.45. The quantitative estimate of drug-likeness (QED) is 0.667. The summed E-state index contributed by atoms with van der Waals surface area (Å²) < 4.78 is 2.81. The number of carbonyl (C=O) groups is 1. The van der Waals surface area contributed by atoms with E-state index in [1.807, 2.05) is 47.1 Å². The van der Waals surface area contributed by atoms with E-state index >= 15 is 0 Å². The average molecular weight is 411 g/mol. The lowest BCUT2D eigenvalue weighted by Gasteiger charge is -2.09. The van der Waals surface area contributed by atoms with Gasteiger partial charge in [-0.05, 0) is 59.1 Å². The van der Waals surface area contributed by atoms with Gasteiger partial charge in [-0.2, -0.15) is 5.10 Å². The Morgan fingerprint density at radius 3 is 2.69 bits per heavy atom. The largest absolute Gasteiger partial charge is 0.350 e. The van der Waals surface area contributed by atoms with Crippen LogP contribution in [0.5, 0.6) is 0 Å². The van der Waals surface area contributed by atoms with Gasteiger partial charge >= 0.3 is 0 Å². The van der Waals surface area contributed by atoms with Gasteiger partial charge in [0.25, 0.3) is 5.91 Å². The molecule has 0 atom stereocenters. The molecule has 1 aliphatic carbocycles. The molecule has 6 heteroatoms. The van der Waals surface area contributed by atoms with Gasteiger partial charge < -0.3 is 5.32 Å². The van der Waals surface area contributed by atoms with Crippen molar-refractivity contribution < 1.29 is 4.79 Å². The molecule has 0 radical (unpaired) electrons. The first-order chi connectivity index (χ1) is 12.7. The van der Waals surface area contributed by atoms with Gasteiger partial charge in [-0.25, -0.2) is 0 Å². The lowest BCUT2D eigenvalue weighted by molar-refractivity contribution is 0.0951. The minimum atomic E-state index is -0.0810. The number of amides is 1. The van der Waals surface area contributed by atoms with Gasteiger partial charge in [0.1, 0.15) is 5.69 Å². The standard InChI is InChI=1S/C20H19BrN4O/c21-16-6-2-1-5-15(16)20(26)23-11-12-25-19(14-8-9-14)13-18(24-25)17-7-3-4-10-22-17/h1-7,10,13-14H,8-9,11-12H2,(H,23,26). The number of pyridine rings is 1. The van der Waals surface area contributed by atoms with Gasteiger partial charge in [-0.3, -0.25) is 14.5 Å². The van der Waals surface area contributed by atoms with Gasteiger partial charge in [-0.1, -0.05) is 18.2 Å². The minimum Gasteiger partial charge on any atom is -0.350 e. The molecule has 2 heterocycles. The van der Waals surface area contributed by atoms with Gasteiger partial charge in [0.05, 0.1) is 17.8 Å². The van der Waals surface area contributed by atoms with E-state index in [0.717, 1.165) is 15.9 Å². The van der Waals surface area contributed by atoms with Gasteiger partial charge in [0.15, 0.2) is 0 Å². The second-order valence-corrected chi connectivity index (χ2v) is 7.26. The van der Waals surface area contributed by atoms with Crippen LogP contribution in [0, 0.1) is 0 Å². The Bertz CT molecular complexity index is 919. The summed E-state index contributed by atoms with van der Waals surface area (Å²) in [4.78, 5) is 16.7. The SMILES string of the molecule is O=C(NCCn1nc(-c2ccccn2)cc1C1CC1)c1ccccc1Br. The van der Waals surface area contributed by atoms with Gasteiger partial charge in [-0.15, -0.1) is 0 Å². The number of halogens is 1. The van der Waals surface area contributed by atoms with Gasteiger partial charge in [0, 0.05) is 28.8 Å². The third-order valence-electron chi connectivity index (χ3n) is 4.46. The summed E-state index contributed by atoms with van der Waals surface area (Å²) in [6, 6.07) is 15.4. The molecule has 0 spiro atoms. The zero-order valence-electron chi connectivity index (χ0n) is 14.2. The van der Waals surface area contributed by atoms with Crippen molar-refractivity contribution >= 4 is 21.8 Å². The molecule has 0 saturated heterocycles. The summed E-state index contributed by atoms with van der Waals surface area (Å²) in [5, 5.41) is 7.70. The topological polar surface area (TPSA) is 59.8 Å². The van der Waals surface area contributed by atoms with Crippen LogP contribution in [-0.2, 0) is 6.54 Å². The predicted molar refractivity (Wildman–Crippen MR) is 104 cm³/mol. The highest BCUT2D eigenvalue weighted by atomic mass is 79.9. The maximum Gasteiger partial charge on any atom is 0.252 e. The Hall–Kier alpha value is -2.47. The van der Waals surface area contributed by atoms with Crippen LogP contribution in [0.2, 0.25) is 0 Å². The third kappa shape index (κ3) is 3.70. The number of benzene rings is 1. The van der Waals surface area contributed by atoms with E-state index in [0.29, 0.717) is 24.6 Å². The number of hydrogen-bond acceptors (Lipinski definition) is 3. The molecule has 1 fully saturated rings. The molecular formula is C20H19BrN4O. The zero-order chi connectivity index (χ0) is 17.9. The van der Waals surface area contributed by atoms with E-state index in [1.165, 1.54) is 18.5 Å². The molecule has 1 saturated carbocycles. The molecule has 1 aliphatic rings. The molecule has 3 aromatic rings. The van der Waals surface area contributed by atoms with E-state index in [4.69, 9.17) is 5.10 Å². The molecule has 1 aromatic carbocycles. The van der Waals surface area contributed by atoms with Crippen LogP contribution in [0.1, 0.15) is 34.8 Å². The number of nitrogens with zero attached hydrogens (tertiary/aromatic N) is 3. The van der Waals surface area contributed by atoms with Crippen LogP contribution in [0.25, 0.3) is 11.4 Å². The van der Waals surface area contributed by atoms with Crippen molar-refractivity contribution in [3.63, 3.8) is 0 Å². The Morgan fingerprint density at radius 2 is 1.96 bits per heavy atom. The molecule has 1 N–H and O–H groups in total. The molecule has 1 amide bonds. The second kappa shape index (κ2) is 7.41. The molecule has 26 heavy (non-hydrogen) atoms. The van der Waals surface area contributed by atoms with Crippen molar-refractivity contribution in [1.29, 1.82) is 0 Å². The molecule has 0 bridgehead atoms. The van der Waals surface area contributed by atoms with Crippen LogP contribution >= 0.6 is 15.9 Å². The lowest BCUT2D eigenvalue weighted by Crippen LogP contribution is -2.28. The summed E-state index contributed by atoms with van der Waals surface area (Å²) in [5.74, 6) is 0.501. The molecule has 5 nitrogen and oxygen atoms in total. The Labute approximate surface area is 160 Å². The molecule has 0 aliphatic heterocycles. The summed E-state index contributed by atoms with van der Waals surface area (Å²) in [6.07, 6.45) is 4.19. The van der Waals surface area contributed by atoms with E-state index in [-0.39, 0.29) is 5.91 Å². The Morgan fingerprint density at radius 1 is 1.15 bits per heavy atom. The first-order valence-corrected chi connectivity index (χ1v) is 9.53. The maximum absolute atomic E-state index is 12.3. The number of nitrogens with one attached hydrogen (secondary N) is 1. The second-order valence-electron chi connectivity index (χ2n) is 6.40. The first kappa shape index (κ1) is 17.0. The van der Waals surface area contributed by atoms with Crippen molar-refractivity contribution in [2.24, 2.45) is 0 Å². The normalized spacial score (nSPS) is 13.6. The lowest BCUT2D eigenvalue weighted by atomic mass is 10.2. The third-order valence-corrected chi connectivity index (χ3v) is 5.15. The average Bonchev–Trinajstić information content (AvgIpc) is 3.43. The summed E-state index contributed by atoms with van der Waals surface area (Å²) in [6.45, 7) is 1.18. The Kier molecular flexibility index (Phi) is 4.84. The summed E-state index contributed by atoms with van der Waals surface area (Å²) in [5.41, 5.74) is 3.65. The van der Waals surface area contributed by atoms with E-state index in [9.17, 15) is 4.79 Å².